The first-order chi connectivity index (χ1) is 9.20. The Hall–Kier alpha value is -1.75. The maximum atomic E-state index is 10.6. The van der Waals surface area contributed by atoms with Crippen LogP contribution in [-0.2, 0) is 0 Å². The van der Waals surface area contributed by atoms with E-state index in [-0.39, 0.29) is 0 Å². The topological polar surface area (TPSA) is 76.4 Å². The standard InChI is InChI=1S/C14H21N3O2/c1-19-12-6-4-11(5-7-12)13(10-2-3-10)16-8-9-17-14(15)18/h4-7,10,13,16H,2-3,8-9H2,1H3,(H3,15,17,18). The van der Waals surface area contributed by atoms with Gasteiger partial charge in [0.15, 0.2) is 0 Å². The van der Waals surface area contributed by atoms with E-state index in [9.17, 15) is 4.79 Å². The molecular formula is C14H21N3O2. The molecule has 5 nitrogen and oxygen atoms in total. The van der Waals surface area contributed by atoms with Crippen molar-refractivity contribution in [1.82, 2.24) is 10.6 Å². The third kappa shape index (κ3) is 4.13. The van der Waals surface area contributed by atoms with Gasteiger partial charge in [-0.3, -0.25) is 0 Å². The van der Waals surface area contributed by atoms with Crippen molar-refractivity contribution in [2.24, 2.45) is 11.7 Å². The second-order valence-electron chi connectivity index (χ2n) is 4.83. The molecule has 0 aliphatic heterocycles. The molecule has 1 atom stereocenters. The van der Waals surface area contributed by atoms with Gasteiger partial charge < -0.3 is 21.1 Å². The molecule has 1 aliphatic rings. The Morgan fingerprint density at radius 3 is 2.58 bits per heavy atom. The SMILES string of the molecule is COc1ccc(C(NCCNC(N)=O)C2CC2)cc1. The number of urea groups is 1. The Morgan fingerprint density at radius 1 is 1.37 bits per heavy atom. The Balaban J connectivity index is 1.89. The molecule has 1 aliphatic carbocycles. The summed E-state index contributed by atoms with van der Waals surface area (Å²) in [6.45, 7) is 1.27. The zero-order chi connectivity index (χ0) is 13.7. The number of benzene rings is 1. The van der Waals surface area contributed by atoms with E-state index in [2.05, 4.69) is 22.8 Å². The Bertz CT molecular complexity index is 415. The van der Waals surface area contributed by atoms with Crippen LogP contribution in [0.15, 0.2) is 24.3 Å². The summed E-state index contributed by atoms with van der Waals surface area (Å²) in [4.78, 5) is 10.6. The van der Waals surface area contributed by atoms with Crippen molar-refractivity contribution in [1.29, 1.82) is 0 Å². The first-order valence-corrected chi connectivity index (χ1v) is 6.61. The van der Waals surface area contributed by atoms with Gasteiger partial charge in [-0.1, -0.05) is 12.1 Å². The van der Waals surface area contributed by atoms with Crippen molar-refractivity contribution in [3.8, 4) is 5.75 Å². The molecule has 1 unspecified atom stereocenters. The van der Waals surface area contributed by atoms with Gasteiger partial charge in [0, 0.05) is 19.1 Å². The van der Waals surface area contributed by atoms with Crippen LogP contribution in [0.2, 0.25) is 0 Å². The minimum Gasteiger partial charge on any atom is -0.497 e. The molecule has 5 heteroatoms. The van der Waals surface area contributed by atoms with E-state index in [1.165, 1.54) is 18.4 Å². The molecule has 1 fully saturated rings. The largest absolute Gasteiger partial charge is 0.497 e. The van der Waals surface area contributed by atoms with Crippen molar-refractivity contribution in [3.63, 3.8) is 0 Å². The van der Waals surface area contributed by atoms with Crippen LogP contribution in [0.1, 0.15) is 24.4 Å². The lowest BCUT2D eigenvalue weighted by atomic mass is 10.0. The third-order valence-corrected chi connectivity index (χ3v) is 3.36. The van der Waals surface area contributed by atoms with Gasteiger partial charge in [0.1, 0.15) is 5.75 Å². The summed E-state index contributed by atoms with van der Waals surface area (Å²) in [5.41, 5.74) is 6.30. The van der Waals surface area contributed by atoms with E-state index < -0.39 is 6.03 Å². The van der Waals surface area contributed by atoms with Gasteiger partial charge in [-0.25, -0.2) is 4.79 Å². The van der Waals surface area contributed by atoms with Gasteiger partial charge in [0.2, 0.25) is 0 Å². The van der Waals surface area contributed by atoms with Crippen molar-refractivity contribution < 1.29 is 9.53 Å². The summed E-state index contributed by atoms with van der Waals surface area (Å²) in [6, 6.07) is 8.02. The molecule has 1 aromatic carbocycles. The van der Waals surface area contributed by atoms with Gasteiger partial charge in [-0.15, -0.1) is 0 Å². The average Bonchev–Trinajstić information content (AvgIpc) is 3.23. The molecule has 0 saturated heterocycles. The van der Waals surface area contributed by atoms with Crippen LogP contribution < -0.4 is 21.1 Å². The van der Waals surface area contributed by atoms with Gasteiger partial charge in [-0.05, 0) is 36.5 Å². The number of carbonyl (C=O) groups excluding carboxylic acids is 1. The lowest BCUT2D eigenvalue weighted by Gasteiger charge is -2.19. The van der Waals surface area contributed by atoms with Crippen molar-refractivity contribution >= 4 is 6.03 Å². The number of primary amides is 1. The fraction of sp³-hybridized carbons (Fsp3) is 0.500. The zero-order valence-electron chi connectivity index (χ0n) is 11.2. The number of carbonyl (C=O) groups is 1. The number of hydrogen-bond acceptors (Lipinski definition) is 3. The van der Waals surface area contributed by atoms with Crippen molar-refractivity contribution in [2.75, 3.05) is 20.2 Å². The molecule has 4 N–H and O–H groups in total. The lowest BCUT2D eigenvalue weighted by Crippen LogP contribution is -2.36. The number of nitrogens with two attached hydrogens (primary N) is 1. The summed E-state index contributed by atoms with van der Waals surface area (Å²) in [6.07, 6.45) is 2.51. The Morgan fingerprint density at radius 2 is 2.05 bits per heavy atom. The number of rotatable bonds is 7. The highest BCUT2D eigenvalue weighted by atomic mass is 16.5. The minimum absolute atomic E-state index is 0.348. The van der Waals surface area contributed by atoms with Crippen LogP contribution in [0.4, 0.5) is 4.79 Å². The Labute approximate surface area is 113 Å². The van der Waals surface area contributed by atoms with E-state index in [0.29, 0.717) is 18.5 Å². The van der Waals surface area contributed by atoms with E-state index in [1.807, 2.05) is 12.1 Å². The summed E-state index contributed by atoms with van der Waals surface area (Å²) in [7, 11) is 1.67. The molecule has 0 radical (unpaired) electrons. The summed E-state index contributed by atoms with van der Waals surface area (Å²) >= 11 is 0. The van der Waals surface area contributed by atoms with Crippen LogP contribution in [0.25, 0.3) is 0 Å². The molecule has 104 valence electrons. The molecular weight excluding hydrogens is 242 g/mol. The normalized spacial score (nSPS) is 15.8. The molecule has 2 amide bonds. The molecule has 0 aromatic heterocycles. The minimum atomic E-state index is -0.478. The lowest BCUT2D eigenvalue weighted by molar-refractivity contribution is 0.248. The monoisotopic (exact) mass is 263 g/mol. The number of ether oxygens (including phenoxy) is 1. The summed E-state index contributed by atoms with van der Waals surface area (Å²) in [5.74, 6) is 1.57. The highest BCUT2D eigenvalue weighted by Gasteiger charge is 2.31. The molecule has 0 spiro atoms. The van der Waals surface area contributed by atoms with E-state index in [0.717, 1.165) is 12.3 Å². The number of hydrogen-bond donors (Lipinski definition) is 3. The van der Waals surface area contributed by atoms with Crippen LogP contribution >= 0.6 is 0 Å². The van der Waals surface area contributed by atoms with Gasteiger partial charge in [-0.2, -0.15) is 0 Å². The average molecular weight is 263 g/mol. The fourth-order valence-corrected chi connectivity index (χ4v) is 2.21. The second-order valence-corrected chi connectivity index (χ2v) is 4.83. The molecule has 1 aromatic rings. The van der Waals surface area contributed by atoms with Crippen LogP contribution in [0.5, 0.6) is 5.75 Å². The third-order valence-electron chi connectivity index (χ3n) is 3.36. The zero-order valence-corrected chi connectivity index (χ0v) is 11.2. The van der Waals surface area contributed by atoms with Crippen LogP contribution in [-0.4, -0.2) is 26.2 Å². The highest BCUT2D eigenvalue weighted by Crippen LogP contribution is 2.41. The molecule has 1 saturated carbocycles. The smallest absolute Gasteiger partial charge is 0.312 e. The van der Waals surface area contributed by atoms with Crippen molar-refractivity contribution in [3.05, 3.63) is 29.8 Å². The predicted molar refractivity (Wildman–Crippen MR) is 74.0 cm³/mol. The van der Waals surface area contributed by atoms with Crippen LogP contribution in [0, 0.1) is 5.92 Å². The number of methoxy groups -OCH3 is 1. The fourth-order valence-electron chi connectivity index (χ4n) is 2.21. The number of nitrogens with one attached hydrogen (secondary N) is 2. The number of amides is 2. The first kappa shape index (κ1) is 13.7. The van der Waals surface area contributed by atoms with Gasteiger partial charge in [0.05, 0.1) is 7.11 Å². The van der Waals surface area contributed by atoms with Crippen LogP contribution in [0.3, 0.4) is 0 Å². The molecule has 2 rings (SSSR count). The first-order valence-electron chi connectivity index (χ1n) is 6.61. The second kappa shape index (κ2) is 6.43. The molecule has 0 heterocycles. The molecule has 19 heavy (non-hydrogen) atoms. The van der Waals surface area contributed by atoms with Gasteiger partial charge in [0.25, 0.3) is 0 Å². The highest BCUT2D eigenvalue weighted by molar-refractivity contribution is 5.71. The summed E-state index contributed by atoms with van der Waals surface area (Å²) < 4.78 is 5.17. The van der Waals surface area contributed by atoms with Gasteiger partial charge >= 0.3 is 6.03 Å². The van der Waals surface area contributed by atoms with E-state index in [1.54, 1.807) is 7.11 Å². The summed E-state index contributed by atoms with van der Waals surface area (Å²) in [5, 5.41) is 6.07. The predicted octanol–water partition coefficient (Wildman–Crippen LogP) is 1.40. The maximum Gasteiger partial charge on any atom is 0.312 e. The quantitative estimate of drug-likeness (QED) is 0.651. The van der Waals surface area contributed by atoms with Crippen molar-refractivity contribution in [2.45, 2.75) is 18.9 Å². The van der Waals surface area contributed by atoms with E-state index in [4.69, 9.17) is 10.5 Å². The molecule has 0 bridgehead atoms. The van der Waals surface area contributed by atoms with E-state index >= 15 is 0 Å². The maximum absolute atomic E-state index is 10.6. The Kier molecular flexibility index (Phi) is 4.63.